The van der Waals surface area contributed by atoms with Gasteiger partial charge in [0.15, 0.2) is 0 Å². The molecule has 0 amide bonds. The summed E-state index contributed by atoms with van der Waals surface area (Å²) in [5, 5.41) is 3.53. The first kappa shape index (κ1) is 9.01. The Morgan fingerprint density at radius 3 is 2.27 bits per heavy atom. The van der Waals surface area contributed by atoms with Crippen molar-refractivity contribution in [3.8, 4) is 0 Å². The fourth-order valence-electron chi connectivity index (χ4n) is 1.94. The predicted octanol–water partition coefficient (Wildman–Crippen LogP) is 1.08. The van der Waals surface area contributed by atoms with Crippen molar-refractivity contribution in [3.63, 3.8) is 0 Å². The van der Waals surface area contributed by atoms with Crippen molar-refractivity contribution in [3.05, 3.63) is 0 Å². The lowest BCUT2D eigenvalue weighted by atomic mass is 10.1. The Labute approximate surface area is 70.0 Å². The van der Waals surface area contributed by atoms with Crippen LogP contribution >= 0.6 is 0 Å². The highest BCUT2D eigenvalue weighted by Crippen LogP contribution is 2.03. The molecule has 0 aromatic rings. The normalized spacial score (nSPS) is 34.1. The number of nitrogens with one attached hydrogen (secondary N) is 1. The lowest BCUT2D eigenvalue weighted by molar-refractivity contribution is 0.174. The number of rotatable bonds is 2. The molecule has 2 unspecified atom stereocenters. The van der Waals surface area contributed by atoms with Crippen LogP contribution in [0.4, 0.5) is 0 Å². The molecule has 0 saturated carbocycles. The number of hydrogen-bond donors (Lipinski definition) is 1. The van der Waals surface area contributed by atoms with Gasteiger partial charge in [-0.05, 0) is 26.8 Å². The third-order valence-electron chi connectivity index (χ3n) is 2.17. The van der Waals surface area contributed by atoms with Gasteiger partial charge in [0.05, 0.1) is 0 Å². The molecule has 1 heterocycles. The number of nitrogens with zero attached hydrogens (tertiary/aromatic N) is 1. The SMILES string of the molecule is CCCN1CC(C)NC(C)C1. The molecule has 1 aliphatic heterocycles. The quantitative estimate of drug-likeness (QED) is 0.643. The van der Waals surface area contributed by atoms with E-state index in [-0.39, 0.29) is 0 Å². The Morgan fingerprint density at radius 2 is 1.82 bits per heavy atom. The van der Waals surface area contributed by atoms with Gasteiger partial charge in [0, 0.05) is 25.2 Å². The summed E-state index contributed by atoms with van der Waals surface area (Å²) in [6.45, 7) is 10.5. The summed E-state index contributed by atoms with van der Waals surface area (Å²) >= 11 is 0. The van der Waals surface area contributed by atoms with Gasteiger partial charge in [0.2, 0.25) is 0 Å². The van der Waals surface area contributed by atoms with E-state index in [0.717, 1.165) is 0 Å². The van der Waals surface area contributed by atoms with E-state index in [0.29, 0.717) is 12.1 Å². The minimum Gasteiger partial charge on any atom is -0.309 e. The lowest BCUT2D eigenvalue weighted by Gasteiger charge is -2.35. The second kappa shape index (κ2) is 4.07. The maximum absolute atomic E-state index is 3.53. The fraction of sp³-hybridized carbons (Fsp3) is 1.00. The van der Waals surface area contributed by atoms with Gasteiger partial charge >= 0.3 is 0 Å². The van der Waals surface area contributed by atoms with Gasteiger partial charge in [-0.2, -0.15) is 0 Å². The molecule has 0 spiro atoms. The van der Waals surface area contributed by atoms with Crippen molar-refractivity contribution in [1.82, 2.24) is 10.2 Å². The van der Waals surface area contributed by atoms with Gasteiger partial charge in [-0.1, -0.05) is 6.92 Å². The van der Waals surface area contributed by atoms with Crippen LogP contribution in [0.25, 0.3) is 0 Å². The third kappa shape index (κ3) is 2.80. The van der Waals surface area contributed by atoms with Crippen LogP contribution < -0.4 is 5.32 Å². The standard InChI is InChI=1S/C9H20N2/c1-4-5-11-6-8(2)10-9(3)7-11/h8-10H,4-7H2,1-3H3. The Kier molecular flexibility index (Phi) is 3.34. The summed E-state index contributed by atoms with van der Waals surface area (Å²) in [7, 11) is 0. The Bertz CT molecular complexity index is 104. The van der Waals surface area contributed by atoms with Crippen LogP contribution in [-0.2, 0) is 0 Å². The Hall–Kier alpha value is -0.0800. The zero-order valence-corrected chi connectivity index (χ0v) is 7.93. The molecule has 1 fully saturated rings. The highest BCUT2D eigenvalue weighted by atomic mass is 15.2. The van der Waals surface area contributed by atoms with Crippen molar-refractivity contribution in [1.29, 1.82) is 0 Å². The molecule has 66 valence electrons. The van der Waals surface area contributed by atoms with Crippen LogP contribution in [0.2, 0.25) is 0 Å². The van der Waals surface area contributed by atoms with E-state index >= 15 is 0 Å². The highest BCUT2D eigenvalue weighted by Gasteiger charge is 2.19. The first-order valence-corrected chi connectivity index (χ1v) is 4.70. The van der Waals surface area contributed by atoms with Gasteiger partial charge in [-0.15, -0.1) is 0 Å². The van der Waals surface area contributed by atoms with E-state index in [1.165, 1.54) is 26.1 Å². The van der Waals surface area contributed by atoms with Crippen molar-refractivity contribution in [2.24, 2.45) is 0 Å². The fourth-order valence-corrected chi connectivity index (χ4v) is 1.94. The third-order valence-corrected chi connectivity index (χ3v) is 2.17. The zero-order chi connectivity index (χ0) is 8.27. The largest absolute Gasteiger partial charge is 0.309 e. The molecule has 0 aliphatic carbocycles. The highest BCUT2D eigenvalue weighted by molar-refractivity contribution is 4.80. The van der Waals surface area contributed by atoms with Crippen LogP contribution in [0.1, 0.15) is 27.2 Å². The summed E-state index contributed by atoms with van der Waals surface area (Å²) in [6, 6.07) is 1.34. The van der Waals surface area contributed by atoms with Crippen molar-refractivity contribution in [2.75, 3.05) is 19.6 Å². The molecular weight excluding hydrogens is 136 g/mol. The zero-order valence-electron chi connectivity index (χ0n) is 7.93. The Balaban J connectivity index is 2.30. The van der Waals surface area contributed by atoms with E-state index in [9.17, 15) is 0 Å². The van der Waals surface area contributed by atoms with E-state index in [1.807, 2.05) is 0 Å². The van der Waals surface area contributed by atoms with E-state index < -0.39 is 0 Å². The van der Waals surface area contributed by atoms with Crippen LogP contribution in [-0.4, -0.2) is 36.6 Å². The summed E-state index contributed by atoms with van der Waals surface area (Å²) < 4.78 is 0. The monoisotopic (exact) mass is 156 g/mol. The lowest BCUT2D eigenvalue weighted by Crippen LogP contribution is -2.54. The first-order chi connectivity index (χ1) is 5.22. The average molecular weight is 156 g/mol. The average Bonchev–Trinajstić information content (AvgIpc) is 1.85. The second-order valence-corrected chi connectivity index (χ2v) is 3.73. The molecule has 2 heteroatoms. The minimum absolute atomic E-state index is 0.672. The van der Waals surface area contributed by atoms with Crippen LogP contribution in [0.3, 0.4) is 0 Å². The van der Waals surface area contributed by atoms with E-state index in [2.05, 4.69) is 31.0 Å². The van der Waals surface area contributed by atoms with Gasteiger partial charge in [0.1, 0.15) is 0 Å². The second-order valence-electron chi connectivity index (χ2n) is 3.73. The minimum atomic E-state index is 0.672. The van der Waals surface area contributed by atoms with Crippen molar-refractivity contribution >= 4 is 0 Å². The van der Waals surface area contributed by atoms with Crippen LogP contribution in [0.15, 0.2) is 0 Å². The molecular formula is C9H20N2. The smallest absolute Gasteiger partial charge is 0.0169 e. The molecule has 0 radical (unpaired) electrons. The molecule has 1 N–H and O–H groups in total. The van der Waals surface area contributed by atoms with Gasteiger partial charge < -0.3 is 10.2 Å². The van der Waals surface area contributed by atoms with E-state index in [4.69, 9.17) is 0 Å². The number of hydrogen-bond acceptors (Lipinski definition) is 2. The molecule has 2 atom stereocenters. The number of piperazine rings is 1. The molecule has 1 saturated heterocycles. The maximum atomic E-state index is 3.53. The molecule has 0 bridgehead atoms. The van der Waals surface area contributed by atoms with Gasteiger partial charge in [-0.3, -0.25) is 0 Å². The van der Waals surface area contributed by atoms with Crippen LogP contribution in [0.5, 0.6) is 0 Å². The molecule has 1 rings (SSSR count). The first-order valence-electron chi connectivity index (χ1n) is 4.70. The molecule has 11 heavy (non-hydrogen) atoms. The predicted molar refractivity (Wildman–Crippen MR) is 48.8 cm³/mol. The van der Waals surface area contributed by atoms with E-state index in [1.54, 1.807) is 0 Å². The summed E-state index contributed by atoms with van der Waals surface area (Å²) in [4.78, 5) is 2.55. The molecule has 0 aromatic heterocycles. The summed E-state index contributed by atoms with van der Waals surface area (Å²) in [6.07, 6.45) is 1.28. The summed E-state index contributed by atoms with van der Waals surface area (Å²) in [5.41, 5.74) is 0. The maximum Gasteiger partial charge on any atom is 0.0169 e. The van der Waals surface area contributed by atoms with Crippen molar-refractivity contribution in [2.45, 2.75) is 39.3 Å². The Morgan fingerprint density at radius 1 is 1.27 bits per heavy atom. The molecule has 2 nitrogen and oxygen atoms in total. The van der Waals surface area contributed by atoms with Gasteiger partial charge in [-0.25, -0.2) is 0 Å². The van der Waals surface area contributed by atoms with Crippen LogP contribution in [0, 0.1) is 0 Å². The van der Waals surface area contributed by atoms with Crippen molar-refractivity contribution < 1.29 is 0 Å². The summed E-state index contributed by atoms with van der Waals surface area (Å²) in [5.74, 6) is 0. The molecule has 1 aliphatic rings. The molecule has 0 aromatic carbocycles. The topological polar surface area (TPSA) is 15.3 Å². The van der Waals surface area contributed by atoms with Gasteiger partial charge in [0.25, 0.3) is 0 Å².